The van der Waals surface area contributed by atoms with Gasteiger partial charge in [-0.05, 0) is 48.4 Å². The van der Waals surface area contributed by atoms with Gasteiger partial charge >= 0.3 is 0 Å². The van der Waals surface area contributed by atoms with E-state index >= 15 is 0 Å². The number of anilines is 1. The van der Waals surface area contributed by atoms with E-state index in [1.807, 2.05) is 48.5 Å². The first-order valence-electron chi connectivity index (χ1n) is 14.0. The third-order valence-corrected chi connectivity index (χ3v) is 6.97. The highest BCUT2D eigenvalue weighted by Gasteiger charge is 2.05. The summed E-state index contributed by atoms with van der Waals surface area (Å²) < 4.78 is 11.5. The second-order valence-electron chi connectivity index (χ2n) is 9.59. The smallest absolute Gasteiger partial charge is 0.262 e. The number of unbranched alkanes of at least 4 members (excludes halogenated alkanes) is 13. The highest BCUT2D eigenvalue weighted by Crippen LogP contribution is 2.19. The number of carbonyl (C=O) groups is 1. The molecule has 4 nitrogen and oxygen atoms in total. The molecule has 0 saturated carbocycles. The number of carbonyl (C=O) groups excluding carboxylic acids is 1. The Morgan fingerprint density at radius 1 is 0.722 bits per heavy atom. The molecule has 0 heterocycles. The van der Waals surface area contributed by atoms with Gasteiger partial charge < -0.3 is 14.8 Å². The topological polar surface area (TPSA) is 47.6 Å². The largest absolute Gasteiger partial charge is 0.494 e. The molecular formula is C31H46BrNO3. The molecule has 2 aromatic rings. The first kappa shape index (κ1) is 30.2. The van der Waals surface area contributed by atoms with Gasteiger partial charge in [0.05, 0.1) is 6.61 Å². The summed E-state index contributed by atoms with van der Waals surface area (Å²) in [5.41, 5.74) is 1.88. The number of halogens is 1. The molecule has 5 heteroatoms. The van der Waals surface area contributed by atoms with Crippen molar-refractivity contribution in [1.82, 2.24) is 0 Å². The first-order valence-corrected chi connectivity index (χ1v) is 15.1. The Bertz CT molecular complexity index is 825. The van der Waals surface area contributed by atoms with Gasteiger partial charge in [-0.3, -0.25) is 4.79 Å². The molecule has 0 saturated heterocycles. The summed E-state index contributed by atoms with van der Waals surface area (Å²) in [6.07, 6.45) is 19.0. The SMILES string of the molecule is CCCCCCCCCCCCCCCCOc1ccc(OCC(=O)Nc2cccc(CBr)c2)cc1. The summed E-state index contributed by atoms with van der Waals surface area (Å²) >= 11 is 3.42. The fourth-order valence-electron chi connectivity index (χ4n) is 4.20. The lowest BCUT2D eigenvalue weighted by Crippen LogP contribution is -2.20. The lowest BCUT2D eigenvalue weighted by Gasteiger charge is -2.10. The minimum atomic E-state index is -0.181. The van der Waals surface area contributed by atoms with Crippen molar-refractivity contribution in [2.45, 2.75) is 102 Å². The number of alkyl halides is 1. The second-order valence-corrected chi connectivity index (χ2v) is 10.1. The van der Waals surface area contributed by atoms with Crippen LogP contribution in [-0.2, 0) is 10.1 Å². The third kappa shape index (κ3) is 14.5. The maximum Gasteiger partial charge on any atom is 0.262 e. The Morgan fingerprint density at radius 3 is 1.81 bits per heavy atom. The Kier molecular flexibility index (Phi) is 16.9. The summed E-state index contributed by atoms with van der Waals surface area (Å²) in [5.74, 6) is 1.32. The molecule has 36 heavy (non-hydrogen) atoms. The Balaban J connectivity index is 1.44. The fourth-order valence-corrected chi connectivity index (χ4v) is 4.55. The summed E-state index contributed by atoms with van der Waals surface area (Å²) in [4.78, 5) is 12.1. The Labute approximate surface area is 227 Å². The summed E-state index contributed by atoms with van der Waals surface area (Å²) in [7, 11) is 0. The molecule has 0 aromatic heterocycles. The second kappa shape index (κ2) is 20.1. The number of nitrogens with one attached hydrogen (secondary N) is 1. The van der Waals surface area contributed by atoms with Crippen LogP contribution in [0.15, 0.2) is 48.5 Å². The Hall–Kier alpha value is -2.01. The van der Waals surface area contributed by atoms with E-state index < -0.39 is 0 Å². The average Bonchev–Trinajstić information content (AvgIpc) is 2.90. The van der Waals surface area contributed by atoms with Crippen LogP contribution in [0, 0.1) is 0 Å². The van der Waals surface area contributed by atoms with Crippen LogP contribution < -0.4 is 14.8 Å². The molecule has 0 unspecified atom stereocenters. The third-order valence-electron chi connectivity index (χ3n) is 6.33. The zero-order valence-corrected chi connectivity index (χ0v) is 23.8. The molecule has 1 N–H and O–H groups in total. The van der Waals surface area contributed by atoms with Gasteiger partial charge in [0, 0.05) is 11.0 Å². The van der Waals surface area contributed by atoms with Gasteiger partial charge in [-0.15, -0.1) is 0 Å². The van der Waals surface area contributed by atoms with E-state index in [1.54, 1.807) is 0 Å². The van der Waals surface area contributed by atoms with E-state index in [1.165, 1.54) is 83.5 Å². The molecule has 0 fully saturated rings. The Morgan fingerprint density at radius 2 is 1.25 bits per heavy atom. The van der Waals surface area contributed by atoms with E-state index in [9.17, 15) is 4.79 Å². The molecule has 200 valence electrons. The minimum Gasteiger partial charge on any atom is -0.494 e. The molecule has 1 amide bonds. The van der Waals surface area contributed by atoms with Crippen LogP contribution >= 0.6 is 15.9 Å². The van der Waals surface area contributed by atoms with Crippen LogP contribution in [0.3, 0.4) is 0 Å². The summed E-state index contributed by atoms with van der Waals surface area (Å²) in [5, 5.41) is 3.61. The number of hydrogen-bond acceptors (Lipinski definition) is 3. The van der Waals surface area contributed by atoms with Crippen molar-refractivity contribution in [3.8, 4) is 11.5 Å². The van der Waals surface area contributed by atoms with Crippen molar-refractivity contribution in [2.24, 2.45) is 0 Å². The lowest BCUT2D eigenvalue weighted by atomic mass is 10.0. The van der Waals surface area contributed by atoms with E-state index in [0.717, 1.165) is 35.4 Å². The molecular weight excluding hydrogens is 514 g/mol. The minimum absolute atomic E-state index is 0.0300. The van der Waals surface area contributed by atoms with Crippen LogP contribution in [0.4, 0.5) is 5.69 Å². The van der Waals surface area contributed by atoms with Crippen LogP contribution in [0.25, 0.3) is 0 Å². The van der Waals surface area contributed by atoms with Crippen molar-refractivity contribution in [3.05, 3.63) is 54.1 Å². The van der Waals surface area contributed by atoms with Gasteiger partial charge in [-0.25, -0.2) is 0 Å². The predicted octanol–water partition coefficient (Wildman–Crippen LogP) is 9.46. The van der Waals surface area contributed by atoms with Gasteiger partial charge in [0.2, 0.25) is 0 Å². The average molecular weight is 561 g/mol. The zero-order chi connectivity index (χ0) is 25.7. The molecule has 0 spiro atoms. The van der Waals surface area contributed by atoms with E-state index in [2.05, 4.69) is 28.2 Å². The van der Waals surface area contributed by atoms with E-state index in [-0.39, 0.29) is 12.5 Å². The molecule has 2 rings (SSSR count). The molecule has 0 aliphatic heterocycles. The van der Waals surface area contributed by atoms with Crippen LogP contribution in [-0.4, -0.2) is 19.1 Å². The quantitative estimate of drug-likeness (QED) is 0.122. The molecule has 0 aliphatic rings. The number of ether oxygens (including phenoxy) is 2. The molecule has 2 aromatic carbocycles. The number of hydrogen-bond donors (Lipinski definition) is 1. The summed E-state index contributed by atoms with van der Waals surface area (Å²) in [6.45, 7) is 2.99. The van der Waals surface area contributed by atoms with Crippen molar-refractivity contribution in [1.29, 1.82) is 0 Å². The van der Waals surface area contributed by atoms with Crippen LogP contribution in [0.1, 0.15) is 102 Å². The number of amides is 1. The number of rotatable bonds is 21. The van der Waals surface area contributed by atoms with Gasteiger partial charge in [-0.2, -0.15) is 0 Å². The van der Waals surface area contributed by atoms with Crippen molar-refractivity contribution < 1.29 is 14.3 Å². The summed E-state index contributed by atoms with van der Waals surface area (Å²) in [6, 6.07) is 15.2. The van der Waals surface area contributed by atoms with E-state index in [0.29, 0.717) is 5.75 Å². The maximum absolute atomic E-state index is 12.1. The van der Waals surface area contributed by atoms with Gasteiger partial charge in [0.1, 0.15) is 11.5 Å². The zero-order valence-electron chi connectivity index (χ0n) is 22.2. The lowest BCUT2D eigenvalue weighted by molar-refractivity contribution is -0.118. The van der Waals surface area contributed by atoms with Crippen molar-refractivity contribution in [2.75, 3.05) is 18.5 Å². The fraction of sp³-hybridized carbons (Fsp3) is 0.581. The monoisotopic (exact) mass is 559 g/mol. The van der Waals surface area contributed by atoms with E-state index in [4.69, 9.17) is 9.47 Å². The molecule has 0 atom stereocenters. The van der Waals surface area contributed by atoms with Gasteiger partial charge in [-0.1, -0.05) is 118 Å². The highest BCUT2D eigenvalue weighted by molar-refractivity contribution is 9.08. The van der Waals surface area contributed by atoms with Crippen LogP contribution in [0.5, 0.6) is 11.5 Å². The molecule has 0 radical (unpaired) electrons. The molecule has 0 bridgehead atoms. The van der Waals surface area contributed by atoms with Crippen molar-refractivity contribution >= 4 is 27.5 Å². The standard InChI is InChI=1S/C31H46BrNO3/c1-2-3-4-5-6-7-8-9-10-11-12-13-14-15-23-35-29-19-21-30(22-20-29)36-26-31(34)33-28-18-16-17-27(24-28)25-32/h16-22,24H,2-15,23,25-26H2,1H3,(H,33,34). The highest BCUT2D eigenvalue weighted by atomic mass is 79.9. The van der Waals surface area contributed by atoms with Crippen molar-refractivity contribution in [3.63, 3.8) is 0 Å². The van der Waals surface area contributed by atoms with Crippen LogP contribution in [0.2, 0.25) is 0 Å². The number of benzene rings is 2. The van der Waals surface area contributed by atoms with Gasteiger partial charge in [0.25, 0.3) is 5.91 Å². The first-order chi connectivity index (χ1) is 17.7. The maximum atomic E-state index is 12.1. The van der Waals surface area contributed by atoms with Gasteiger partial charge in [0.15, 0.2) is 6.61 Å². The predicted molar refractivity (Wildman–Crippen MR) is 155 cm³/mol. The molecule has 0 aliphatic carbocycles. The normalized spacial score (nSPS) is 10.8.